The highest BCUT2D eigenvalue weighted by Crippen LogP contribution is 2.27. The molecule has 3 aromatic rings. The number of anilines is 1. The number of nitriles is 1. The van der Waals surface area contributed by atoms with Gasteiger partial charge in [-0.3, -0.25) is 4.79 Å². The zero-order chi connectivity index (χ0) is 22.5. The Balaban J connectivity index is 1.83. The van der Waals surface area contributed by atoms with Gasteiger partial charge in [0.05, 0.1) is 0 Å². The fourth-order valence-corrected chi connectivity index (χ4v) is 3.91. The van der Waals surface area contributed by atoms with Crippen LogP contribution in [0, 0.1) is 25.2 Å². The maximum absolute atomic E-state index is 12.6. The highest BCUT2D eigenvalue weighted by Gasteiger charge is 2.14. The van der Waals surface area contributed by atoms with E-state index >= 15 is 0 Å². The molecule has 0 aliphatic heterocycles. The molecule has 3 rings (SSSR count). The largest absolute Gasteiger partial charge is 0.321 e. The molecule has 0 aliphatic rings. The molecule has 1 heterocycles. The van der Waals surface area contributed by atoms with Gasteiger partial charge in [0.25, 0.3) is 11.7 Å². The van der Waals surface area contributed by atoms with E-state index in [2.05, 4.69) is 21.2 Å². The topological polar surface area (TPSA) is 57.8 Å². The first-order valence-corrected chi connectivity index (χ1v) is 10.9. The van der Waals surface area contributed by atoms with Gasteiger partial charge in [0.2, 0.25) is 0 Å². The molecule has 0 spiro atoms. The van der Waals surface area contributed by atoms with Crippen LogP contribution < -0.4 is 5.32 Å². The summed E-state index contributed by atoms with van der Waals surface area (Å²) >= 11 is 3.85. The molecule has 1 amide bonds. The summed E-state index contributed by atoms with van der Waals surface area (Å²) in [6.45, 7) is 3.88. The van der Waals surface area contributed by atoms with Gasteiger partial charge >= 0.3 is 0 Å². The quantitative estimate of drug-likeness (QED) is 0.231. The number of nitrogens with one attached hydrogen (secondary N) is 1. The maximum Gasteiger partial charge on any atom is 0.288 e. The summed E-state index contributed by atoms with van der Waals surface area (Å²) in [5.74, 6) is -3.07. The van der Waals surface area contributed by atoms with Crippen LogP contribution in [0.4, 0.5) is 14.5 Å². The average molecular weight is 502 g/mol. The van der Waals surface area contributed by atoms with Gasteiger partial charge < -0.3 is 9.88 Å². The first-order valence-electron chi connectivity index (χ1n) is 9.21. The smallest absolute Gasteiger partial charge is 0.288 e. The third kappa shape index (κ3) is 5.63. The highest BCUT2D eigenvalue weighted by molar-refractivity contribution is 9.10. The summed E-state index contributed by atoms with van der Waals surface area (Å²) < 4.78 is 27.9. The molecule has 1 N–H and O–H groups in total. The number of alkyl halides is 2. The third-order valence-corrected chi connectivity index (χ3v) is 5.81. The summed E-state index contributed by atoms with van der Waals surface area (Å²) in [5, 5.41) is 12.1. The van der Waals surface area contributed by atoms with Crippen LogP contribution in [0.1, 0.15) is 17.0 Å². The Bertz CT molecular complexity index is 1160. The number of benzene rings is 2. The van der Waals surface area contributed by atoms with Crippen LogP contribution in [0.2, 0.25) is 0 Å². The number of amides is 1. The molecule has 2 aromatic carbocycles. The number of thioether (sulfide) groups is 1. The predicted molar refractivity (Wildman–Crippen MR) is 123 cm³/mol. The van der Waals surface area contributed by atoms with Crippen molar-refractivity contribution in [1.82, 2.24) is 4.57 Å². The monoisotopic (exact) mass is 501 g/mol. The molecule has 158 valence electrons. The highest BCUT2D eigenvalue weighted by atomic mass is 79.9. The molecule has 0 aliphatic carbocycles. The van der Waals surface area contributed by atoms with Crippen LogP contribution in [0.25, 0.3) is 11.8 Å². The van der Waals surface area contributed by atoms with Crippen molar-refractivity contribution in [3.8, 4) is 11.8 Å². The zero-order valence-electron chi connectivity index (χ0n) is 16.7. The summed E-state index contributed by atoms with van der Waals surface area (Å²) in [7, 11) is 0. The van der Waals surface area contributed by atoms with Crippen LogP contribution in [0.15, 0.2) is 69.5 Å². The van der Waals surface area contributed by atoms with E-state index in [1.165, 1.54) is 24.3 Å². The van der Waals surface area contributed by atoms with Gasteiger partial charge in [-0.25, -0.2) is 0 Å². The van der Waals surface area contributed by atoms with Crippen LogP contribution in [-0.2, 0) is 4.79 Å². The lowest BCUT2D eigenvalue weighted by Gasteiger charge is -2.10. The van der Waals surface area contributed by atoms with E-state index in [-0.39, 0.29) is 5.57 Å². The molecule has 8 heteroatoms. The second-order valence-electron chi connectivity index (χ2n) is 6.67. The summed E-state index contributed by atoms with van der Waals surface area (Å²) in [5.41, 5.74) is 3.97. The number of aryl methyl sites for hydroxylation is 1. The molecule has 0 radical (unpaired) electrons. The molecule has 0 atom stereocenters. The van der Waals surface area contributed by atoms with Gasteiger partial charge in [0.1, 0.15) is 11.6 Å². The first-order chi connectivity index (χ1) is 14.8. The Morgan fingerprint density at radius 3 is 2.39 bits per heavy atom. The summed E-state index contributed by atoms with van der Waals surface area (Å²) in [6.07, 6.45) is 1.55. The van der Waals surface area contributed by atoms with Crippen molar-refractivity contribution in [2.24, 2.45) is 0 Å². The minimum Gasteiger partial charge on any atom is -0.321 e. The standard InChI is InChI=1S/C23H18BrF2N3OS/c1-14-11-16(15(2)29(14)20-7-3-18(24)4-8-20)12-17(13-27)22(30)28-19-5-9-21(10-6-19)31-23(25)26/h3-12,23H,1-2H3,(H,28,30)/b17-12+. The second kappa shape index (κ2) is 9.94. The maximum atomic E-state index is 12.6. The van der Waals surface area contributed by atoms with Gasteiger partial charge in [0.15, 0.2) is 0 Å². The number of rotatable bonds is 6. The van der Waals surface area contributed by atoms with Gasteiger partial charge in [-0.2, -0.15) is 14.0 Å². The number of carbonyl (C=O) groups excluding carboxylic acids is 1. The van der Waals surface area contributed by atoms with Crippen molar-refractivity contribution in [3.63, 3.8) is 0 Å². The van der Waals surface area contributed by atoms with Crippen molar-refractivity contribution in [1.29, 1.82) is 5.26 Å². The number of carbonyl (C=O) groups is 1. The van der Waals surface area contributed by atoms with E-state index in [0.717, 1.165) is 27.1 Å². The molecule has 4 nitrogen and oxygen atoms in total. The molecular formula is C23H18BrF2N3OS. The fraction of sp³-hybridized carbons (Fsp3) is 0.130. The average Bonchev–Trinajstić information content (AvgIpc) is 3.01. The molecule has 0 fully saturated rings. The van der Waals surface area contributed by atoms with Crippen molar-refractivity contribution >= 4 is 45.4 Å². The van der Waals surface area contributed by atoms with E-state index in [0.29, 0.717) is 22.3 Å². The zero-order valence-corrected chi connectivity index (χ0v) is 19.1. The number of aromatic nitrogens is 1. The van der Waals surface area contributed by atoms with Crippen LogP contribution >= 0.6 is 27.7 Å². The van der Waals surface area contributed by atoms with Gasteiger partial charge in [-0.05, 0) is 80.1 Å². The van der Waals surface area contributed by atoms with Gasteiger partial charge in [0, 0.05) is 32.1 Å². The molecule has 0 bridgehead atoms. The lowest BCUT2D eigenvalue weighted by molar-refractivity contribution is -0.112. The Morgan fingerprint density at radius 1 is 1.16 bits per heavy atom. The van der Waals surface area contributed by atoms with E-state index < -0.39 is 11.7 Å². The Morgan fingerprint density at radius 2 is 1.81 bits per heavy atom. The molecular weight excluding hydrogens is 484 g/mol. The number of nitrogens with zero attached hydrogens (tertiary/aromatic N) is 2. The normalized spacial score (nSPS) is 11.5. The van der Waals surface area contributed by atoms with Gasteiger partial charge in [-0.1, -0.05) is 27.7 Å². The number of halogens is 3. The molecule has 1 aromatic heterocycles. The van der Waals surface area contributed by atoms with E-state index in [1.54, 1.807) is 6.08 Å². The second-order valence-corrected chi connectivity index (χ2v) is 8.64. The summed E-state index contributed by atoms with van der Waals surface area (Å²) in [6, 6.07) is 17.7. The lowest BCUT2D eigenvalue weighted by Crippen LogP contribution is -2.13. The van der Waals surface area contributed by atoms with Crippen LogP contribution in [0.5, 0.6) is 0 Å². The Labute approximate surface area is 191 Å². The Kier molecular flexibility index (Phi) is 7.31. The fourth-order valence-electron chi connectivity index (χ4n) is 3.14. The molecule has 0 saturated heterocycles. The van der Waals surface area contributed by atoms with Crippen molar-refractivity contribution in [2.75, 3.05) is 5.32 Å². The predicted octanol–water partition coefficient (Wildman–Crippen LogP) is 6.72. The van der Waals surface area contributed by atoms with Crippen LogP contribution in [0.3, 0.4) is 0 Å². The molecule has 31 heavy (non-hydrogen) atoms. The summed E-state index contributed by atoms with van der Waals surface area (Å²) in [4.78, 5) is 13.0. The van der Waals surface area contributed by atoms with E-state index in [1.807, 2.05) is 54.8 Å². The number of hydrogen-bond donors (Lipinski definition) is 1. The lowest BCUT2D eigenvalue weighted by atomic mass is 10.1. The minimum atomic E-state index is -2.51. The minimum absolute atomic E-state index is 0.0536. The van der Waals surface area contributed by atoms with E-state index in [4.69, 9.17) is 0 Å². The van der Waals surface area contributed by atoms with Crippen LogP contribution in [-0.4, -0.2) is 16.2 Å². The van der Waals surface area contributed by atoms with E-state index in [9.17, 15) is 18.8 Å². The van der Waals surface area contributed by atoms with Crippen molar-refractivity contribution in [3.05, 3.63) is 81.6 Å². The van der Waals surface area contributed by atoms with Crippen molar-refractivity contribution in [2.45, 2.75) is 24.5 Å². The number of hydrogen-bond acceptors (Lipinski definition) is 3. The third-order valence-electron chi connectivity index (χ3n) is 4.56. The SMILES string of the molecule is Cc1cc(/C=C(\C#N)C(=O)Nc2ccc(SC(F)F)cc2)c(C)n1-c1ccc(Br)cc1. The molecule has 0 saturated carbocycles. The molecule has 0 unspecified atom stereocenters. The first kappa shape index (κ1) is 22.8. The Hall–Kier alpha value is -2.89. The van der Waals surface area contributed by atoms with Crippen molar-refractivity contribution < 1.29 is 13.6 Å². The van der Waals surface area contributed by atoms with Gasteiger partial charge in [-0.15, -0.1) is 0 Å².